The zero-order chi connectivity index (χ0) is 24.3. The molecule has 10 nitrogen and oxygen atoms in total. The summed E-state index contributed by atoms with van der Waals surface area (Å²) in [6.07, 6.45) is 0.0605. The van der Waals surface area contributed by atoms with Crippen LogP contribution >= 0.6 is 0 Å². The molecule has 0 bridgehead atoms. The first-order valence-electron chi connectivity index (χ1n) is 10.6. The number of H-pyrrole nitrogens is 1. The molecule has 0 spiro atoms. The number of benzene rings is 2. The molecule has 34 heavy (non-hydrogen) atoms. The van der Waals surface area contributed by atoms with Crippen LogP contribution in [-0.4, -0.2) is 62.9 Å². The van der Waals surface area contributed by atoms with Crippen LogP contribution in [0.4, 0.5) is 5.69 Å². The summed E-state index contributed by atoms with van der Waals surface area (Å²) in [6, 6.07) is 12.2. The molecular formula is C23H24N4O6S. The predicted molar refractivity (Wildman–Crippen MR) is 126 cm³/mol. The summed E-state index contributed by atoms with van der Waals surface area (Å²) >= 11 is 0. The van der Waals surface area contributed by atoms with Crippen LogP contribution in [0.25, 0.3) is 10.9 Å². The van der Waals surface area contributed by atoms with Gasteiger partial charge >= 0.3 is 0 Å². The van der Waals surface area contributed by atoms with Gasteiger partial charge in [-0.1, -0.05) is 18.2 Å². The van der Waals surface area contributed by atoms with Gasteiger partial charge in [-0.3, -0.25) is 14.4 Å². The fraction of sp³-hybridized carbons (Fsp3) is 0.261. The molecule has 1 fully saturated rings. The number of aromatic nitrogens is 1. The highest BCUT2D eigenvalue weighted by Gasteiger charge is 2.27. The van der Waals surface area contributed by atoms with Gasteiger partial charge in [0.15, 0.2) is 0 Å². The van der Waals surface area contributed by atoms with E-state index in [9.17, 15) is 22.8 Å². The Labute approximate surface area is 196 Å². The maximum atomic E-state index is 13.2. The molecule has 0 unspecified atom stereocenters. The van der Waals surface area contributed by atoms with Crippen molar-refractivity contribution in [1.29, 1.82) is 0 Å². The molecule has 1 aliphatic heterocycles. The SMILES string of the molecule is CNC(=O)Cc1ccccc1NC(=O)c1cc(=O)[nH]c2ccc(S(=O)(=O)N3CCOCC3)cc12. The lowest BCUT2D eigenvalue weighted by Crippen LogP contribution is -2.40. The van der Waals surface area contributed by atoms with Crippen molar-refractivity contribution in [2.45, 2.75) is 11.3 Å². The number of para-hydroxylation sites is 1. The molecule has 1 aliphatic rings. The molecule has 2 aromatic carbocycles. The van der Waals surface area contributed by atoms with E-state index in [-0.39, 0.29) is 41.3 Å². The number of aromatic amines is 1. The minimum Gasteiger partial charge on any atom is -0.379 e. The van der Waals surface area contributed by atoms with Crippen LogP contribution < -0.4 is 16.2 Å². The van der Waals surface area contributed by atoms with Crippen molar-refractivity contribution in [1.82, 2.24) is 14.6 Å². The number of hydrogen-bond donors (Lipinski definition) is 3. The Hall–Kier alpha value is -3.54. The number of morpholine rings is 1. The molecule has 3 aromatic rings. The number of likely N-dealkylation sites (N-methyl/N-ethyl adjacent to an activating group) is 1. The van der Waals surface area contributed by atoms with E-state index in [4.69, 9.17) is 4.74 Å². The van der Waals surface area contributed by atoms with Crippen molar-refractivity contribution in [2.24, 2.45) is 0 Å². The highest BCUT2D eigenvalue weighted by atomic mass is 32.2. The Balaban J connectivity index is 1.73. The minimum absolute atomic E-state index is 0.0167. The van der Waals surface area contributed by atoms with Gasteiger partial charge in [0.2, 0.25) is 21.5 Å². The Kier molecular flexibility index (Phi) is 6.77. The summed E-state index contributed by atoms with van der Waals surface area (Å²) in [5.74, 6) is -0.817. The number of carbonyl (C=O) groups is 2. The van der Waals surface area contributed by atoms with Gasteiger partial charge in [-0.05, 0) is 29.8 Å². The summed E-state index contributed by atoms with van der Waals surface area (Å²) < 4.78 is 32.8. The zero-order valence-electron chi connectivity index (χ0n) is 18.5. The summed E-state index contributed by atoms with van der Waals surface area (Å²) in [5, 5.41) is 5.58. The van der Waals surface area contributed by atoms with Crippen molar-refractivity contribution in [3.63, 3.8) is 0 Å². The number of anilines is 1. The molecule has 0 radical (unpaired) electrons. The fourth-order valence-corrected chi connectivity index (χ4v) is 5.20. The molecule has 2 amide bonds. The number of carbonyl (C=O) groups excluding carboxylic acids is 2. The van der Waals surface area contributed by atoms with Crippen LogP contribution in [0.2, 0.25) is 0 Å². The number of nitrogens with one attached hydrogen (secondary N) is 3. The monoisotopic (exact) mass is 484 g/mol. The summed E-state index contributed by atoms with van der Waals surface area (Å²) in [7, 11) is -2.28. The predicted octanol–water partition coefficient (Wildman–Crippen LogP) is 1.09. The first kappa shape index (κ1) is 23.6. The molecule has 178 valence electrons. The lowest BCUT2D eigenvalue weighted by atomic mass is 10.1. The largest absolute Gasteiger partial charge is 0.379 e. The van der Waals surface area contributed by atoms with Crippen LogP contribution in [0, 0.1) is 0 Å². The van der Waals surface area contributed by atoms with Gasteiger partial charge in [0.25, 0.3) is 5.91 Å². The Morgan fingerprint density at radius 3 is 2.56 bits per heavy atom. The first-order chi connectivity index (χ1) is 16.3. The zero-order valence-corrected chi connectivity index (χ0v) is 19.3. The lowest BCUT2D eigenvalue weighted by Gasteiger charge is -2.26. The molecule has 1 saturated heterocycles. The Morgan fingerprint density at radius 1 is 1.09 bits per heavy atom. The van der Waals surface area contributed by atoms with Gasteiger partial charge < -0.3 is 20.4 Å². The Morgan fingerprint density at radius 2 is 1.82 bits per heavy atom. The Bertz CT molecular complexity index is 1410. The van der Waals surface area contributed by atoms with E-state index in [1.807, 2.05) is 0 Å². The third kappa shape index (κ3) is 4.86. The number of ether oxygens (including phenoxy) is 1. The maximum Gasteiger partial charge on any atom is 0.256 e. The van der Waals surface area contributed by atoms with Crippen molar-refractivity contribution < 1.29 is 22.7 Å². The first-order valence-corrected chi connectivity index (χ1v) is 12.1. The third-order valence-electron chi connectivity index (χ3n) is 5.56. The quantitative estimate of drug-likeness (QED) is 0.479. The molecular weight excluding hydrogens is 460 g/mol. The summed E-state index contributed by atoms with van der Waals surface area (Å²) in [6.45, 7) is 1.09. The fourth-order valence-electron chi connectivity index (χ4n) is 3.76. The number of pyridine rings is 1. The van der Waals surface area contributed by atoms with Crippen LogP contribution in [0.3, 0.4) is 0 Å². The van der Waals surface area contributed by atoms with Crippen molar-refractivity contribution >= 4 is 38.4 Å². The average molecular weight is 485 g/mol. The molecule has 4 rings (SSSR count). The smallest absolute Gasteiger partial charge is 0.256 e. The van der Waals surface area contributed by atoms with Gasteiger partial charge in [0.05, 0.1) is 30.1 Å². The number of rotatable bonds is 6. The van der Waals surface area contributed by atoms with Crippen LogP contribution in [-0.2, 0) is 26.0 Å². The third-order valence-corrected chi connectivity index (χ3v) is 7.46. The van der Waals surface area contributed by atoms with Crippen molar-refractivity contribution in [3.05, 3.63) is 70.0 Å². The minimum atomic E-state index is -3.80. The van der Waals surface area contributed by atoms with Gasteiger partial charge in [-0.2, -0.15) is 4.31 Å². The molecule has 0 atom stereocenters. The van der Waals surface area contributed by atoms with Gasteiger partial charge in [-0.15, -0.1) is 0 Å². The number of fused-ring (bicyclic) bond motifs is 1. The molecule has 3 N–H and O–H groups in total. The second kappa shape index (κ2) is 9.75. The van der Waals surface area contributed by atoms with E-state index in [1.165, 1.54) is 29.6 Å². The number of sulfonamides is 1. The average Bonchev–Trinajstić information content (AvgIpc) is 2.84. The van der Waals surface area contributed by atoms with E-state index in [1.54, 1.807) is 24.3 Å². The highest BCUT2D eigenvalue weighted by molar-refractivity contribution is 7.89. The molecule has 11 heteroatoms. The summed E-state index contributed by atoms with van der Waals surface area (Å²) in [5.41, 5.74) is 0.867. The normalized spacial score (nSPS) is 14.6. The second-order valence-corrected chi connectivity index (χ2v) is 9.67. The highest BCUT2D eigenvalue weighted by Crippen LogP contribution is 2.25. The maximum absolute atomic E-state index is 13.2. The lowest BCUT2D eigenvalue weighted by molar-refractivity contribution is -0.119. The van der Waals surface area contributed by atoms with Gasteiger partial charge in [0.1, 0.15) is 0 Å². The van der Waals surface area contributed by atoms with Crippen LogP contribution in [0.5, 0.6) is 0 Å². The number of hydrogen-bond acceptors (Lipinski definition) is 6. The number of amides is 2. The van der Waals surface area contributed by atoms with Crippen molar-refractivity contribution in [2.75, 3.05) is 38.7 Å². The van der Waals surface area contributed by atoms with E-state index < -0.39 is 21.5 Å². The number of nitrogens with zero attached hydrogens (tertiary/aromatic N) is 1. The molecule has 0 aliphatic carbocycles. The van der Waals surface area contributed by atoms with E-state index >= 15 is 0 Å². The van der Waals surface area contributed by atoms with Gasteiger partial charge in [0, 0.05) is 42.8 Å². The van der Waals surface area contributed by atoms with Crippen molar-refractivity contribution in [3.8, 4) is 0 Å². The topological polar surface area (TPSA) is 138 Å². The van der Waals surface area contributed by atoms with Crippen LogP contribution in [0.1, 0.15) is 15.9 Å². The van der Waals surface area contributed by atoms with Crippen LogP contribution in [0.15, 0.2) is 58.2 Å². The molecule has 2 heterocycles. The summed E-state index contributed by atoms with van der Waals surface area (Å²) in [4.78, 5) is 39.9. The van der Waals surface area contributed by atoms with Gasteiger partial charge in [-0.25, -0.2) is 8.42 Å². The van der Waals surface area contributed by atoms with E-state index in [0.717, 1.165) is 6.07 Å². The van der Waals surface area contributed by atoms with E-state index in [0.29, 0.717) is 30.0 Å². The molecule has 1 aromatic heterocycles. The standard InChI is InChI=1S/C23H24N4O6S/c1-24-21(28)12-15-4-2-3-5-19(15)26-23(30)18-14-22(29)25-20-7-6-16(13-17(18)20)34(31,32)27-8-10-33-11-9-27/h2-7,13-14H,8-12H2,1H3,(H,24,28)(H,25,29)(H,26,30). The van der Waals surface area contributed by atoms with E-state index in [2.05, 4.69) is 15.6 Å². The molecule has 0 saturated carbocycles. The second-order valence-electron chi connectivity index (χ2n) is 7.73.